The molecule has 15 heteroatoms. The number of hydrogen-bond acceptors (Lipinski definition) is 10. The largest absolute Gasteiger partial charge is 0.457 e. The molecule has 4 rings (SSSR count). The van der Waals surface area contributed by atoms with Crippen LogP contribution in [0.25, 0.3) is 0 Å². The molecule has 0 saturated carbocycles. The Morgan fingerprint density at radius 2 is 1.60 bits per heavy atom. The molecule has 0 radical (unpaired) electrons. The van der Waals surface area contributed by atoms with Gasteiger partial charge in [0.15, 0.2) is 0 Å². The monoisotopic (exact) mass is 716 g/mol. The van der Waals surface area contributed by atoms with Gasteiger partial charge in [-0.2, -0.15) is 0 Å². The van der Waals surface area contributed by atoms with E-state index in [1.54, 1.807) is 68.1 Å². The molecular weight excluding hydrogens is 677 g/mol. The zero-order valence-electron chi connectivity index (χ0n) is 27.0. The van der Waals surface area contributed by atoms with Gasteiger partial charge >= 0.3 is 6.09 Å². The number of nitrogens with zero attached hydrogens (tertiary/aromatic N) is 2. The van der Waals surface area contributed by atoms with E-state index in [0.717, 1.165) is 0 Å². The van der Waals surface area contributed by atoms with Gasteiger partial charge in [-0.05, 0) is 76.1 Å². The van der Waals surface area contributed by atoms with Gasteiger partial charge in [-0.1, -0.05) is 58.3 Å². The molecule has 2 N–H and O–H groups in total. The van der Waals surface area contributed by atoms with Crippen molar-refractivity contribution in [2.45, 2.75) is 73.1 Å². The first-order valence-corrected chi connectivity index (χ1v) is 19.2. The molecule has 0 bridgehead atoms. The summed E-state index contributed by atoms with van der Waals surface area (Å²) in [7, 11) is -1.50. The number of hydrogen-bond donors (Lipinski definition) is 2. The summed E-state index contributed by atoms with van der Waals surface area (Å²) in [5, 5.41) is 13.9. The Labute approximate surface area is 288 Å². The van der Waals surface area contributed by atoms with Crippen LogP contribution in [0.1, 0.15) is 46.5 Å². The molecular formula is C33H40N4O8S3. The number of nitro benzene ring substituents is 1. The lowest BCUT2D eigenvalue weighted by molar-refractivity contribution is -0.387. The Morgan fingerprint density at radius 3 is 2.29 bits per heavy atom. The molecule has 12 nitrogen and oxygen atoms in total. The number of ether oxygens (including phenoxy) is 2. The molecule has 0 spiro atoms. The van der Waals surface area contributed by atoms with Crippen LogP contribution in [0.2, 0.25) is 0 Å². The lowest BCUT2D eigenvalue weighted by Gasteiger charge is -2.19. The van der Waals surface area contributed by atoms with Gasteiger partial charge < -0.3 is 19.7 Å². The highest BCUT2D eigenvalue weighted by Gasteiger charge is 2.38. The molecule has 1 aliphatic rings. The molecule has 0 aromatic heterocycles. The van der Waals surface area contributed by atoms with Crippen molar-refractivity contribution in [3.63, 3.8) is 0 Å². The Kier molecular flexibility index (Phi) is 13.2. The SMILES string of the molecule is CC(C)(C)OC(=O)NCCCCCC(=O)N1C[C@H](NS(=O)(=O)c2ccc(Oc3ccccc3)cc2)[C@@H](SSc2ccccc2[N+](=O)[O-])C1. The average molecular weight is 717 g/mol. The smallest absolute Gasteiger partial charge is 0.407 e. The number of rotatable bonds is 15. The molecule has 3 aromatic rings. The molecule has 1 saturated heterocycles. The summed E-state index contributed by atoms with van der Waals surface area (Å²) in [5.74, 6) is 0.989. The molecule has 3 aromatic carbocycles. The maximum atomic E-state index is 13.5. The van der Waals surface area contributed by atoms with Gasteiger partial charge in [0, 0.05) is 32.1 Å². The molecule has 258 valence electrons. The standard InChI is InChI=1S/C33H40N4O8S3/c1-33(2,3)45-32(39)34-21-11-5-8-16-31(38)36-22-27(30(23-36)47-46-29-15-10-9-14-28(29)37(40)41)35-48(42,43)26-19-17-25(18-20-26)44-24-12-6-4-7-13-24/h4,6-7,9-10,12-15,17-20,27,30,35H,5,8,11,16,21-23H2,1-3H3,(H,34,39)/t27-,30-/m0/s1. The summed E-state index contributed by atoms with van der Waals surface area (Å²) in [5.41, 5.74) is -0.623. The van der Waals surface area contributed by atoms with Crippen molar-refractivity contribution in [1.82, 2.24) is 14.9 Å². The second kappa shape index (κ2) is 17.0. The molecule has 2 amide bonds. The van der Waals surface area contributed by atoms with Crippen molar-refractivity contribution in [2.75, 3.05) is 19.6 Å². The van der Waals surface area contributed by atoms with E-state index in [2.05, 4.69) is 10.0 Å². The van der Waals surface area contributed by atoms with E-state index in [9.17, 15) is 28.1 Å². The second-order valence-electron chi connectivity index (χ2n) is 12.1. The third-order valence-electron chi connectivity index (χ3n) is 7.10. The van der Waals surface area contributed by atoms with Crippen LogP contribution in [-0.4, -0.2) is 66.8 Å². The van der Waals surface area contributed by atoms with Crippen LogP contribution in [0.15, 0.2) is 88.7 Å². The Hall–Kier alpha value is -3.79. The molecule has 48 heavy (non-hydrogen) atoms. The lowest BCUT2D eigenvalue weighted by atomic mass is 10.2. The summed E-state index contributed by atoms with van der Waals surface area (Å²) < 4.78 is 40.8. The number of nitro groups is 1. The molecule has 1 fully saturated rings. The van der Waals surface area contributed by atoms with E-state index >= 15 is 0 Å². The molecule has 0 aliphatic carbocycles. The number of sulfonamides is 1. The van der Waals surface area contributed by atoms with Crippen molar-refractivity contribution >= 4 is 49.3 Å². The number of para-hydroxylation sites is 2. The van der Waals surface area contributed by atoms with Gasteiger partial charge in [0.25, 0.3) is 5.69 Å². The summed E-state index contributed by atoms with van der Waals surface area (Å²) in [4.78, 5) is 38.2. The van der Waals surface area contributed by atoms with Crippen molar-refractivity contribution in [3.8, 4) is 11.5 Å². The van der Waals surface area contributed by atoms with Gasteiger partial charge in [-0.15, -0.1) is 0 Å². The number of benzene rings is 3. The van der Waals surface area contributed by atoms with Crippen LogP contribution in [0.5, 0.6) is 11.5 Å². The predicted octanol–water partition coefficient (Wildman–Crippen LogP) is 6.77. The highest BCUT2D eigenvalue weighted by Crippen LogP contribution is 2.42. The Bertz CT molecular complexity index is 1650. The van der Waals surface area contributed by atoms with E-state index in [1.807, 2.05) is 18.2 Å². The highest BCUT2D eigenvalue weighted by atomic mass is 33.1. The van der Waals surface area contributed by atoms with Crippen LogP contribution in [-0.2, 0) is 19.6 Å². The Balaban J connectivity index is 1.37. The first-order chi connectivity index (χ1) is 22.8. The van der Waals surface area contributed by atoms with Crippen molar-refractivity contribution in [2.24, 2.45) is 0 Å². The zero-order chi connectivity index (χ0) is 34.7. The van der Waals surface area contributed by atoms with Gasteiger partial charge in [0.1, 0.15) is 17.1 Å². The van der Waals surface area contributed by atoms with Crippen LogP contribution in [0.3, 0.4) is 0 Å². The van der Waals surface area contributed by atoms with E-state index < -0.39 is 32.7 Å². The summed E-state index contributed by atoms with van der Waals surface area (Å²) in [6.45, 7) is 6.23. The third-order valence-corrected chi connectivity index (χ3v) is 11.5. The van der Waals surface area contributed by atoms with E-state index in [-0.39, 0.29) is 41.3 Å². The van der Waals surface area contributed by atoms with E-state index in [0.29, 0.717) is 42.2 Å². The van der Waals surface area contributed by atoms with Gasteiger partial charge in [0.05, 0.1) is 26.0 Å². The summed E-state index contributed by atoms with van der Waals surface area (Å²) in [6.07, 6.45) is 1.77. The van der Waals surface area contributed by atoms with Crippen LogP contribution in [0.4, 0.5) is 10.5 Å². The first-order valence-electron chi connectivity index (χ1n) is 15.5. The van der Waals surface area contributed by atoms with E-state index in [1.165, 1.54) is 39.8 Å². The minimum Gasteiger partial charge on any atom is -0.457 e. The molecule has 0 unspecified atom stereocenters. The Morgan fingerprint density at radius 1 is 0.938 bits per heavy atom. The topological polar surface area (TPSA) is 157 Å². The van der Waals surface area contributed by atoms with Crippen molar-refractivity contribution in [3.05, 3.63) is 89.0 Å². The van der Waals surface area contributed by atoms with Crippen molar-refractivity contribution < 1.29 is 32.4 Å². The van der Waals surface area contributed by atoms with Gasteiger partial charge in [-0.25, -0.2) is 17.9 Å². The number of carbonyl (C=O) groups is 2. The van der Waals surface area contributed by atoms with Crippen LogP contribution < -0.4 is 14.8 Å². The molecule has 1 heterocycles. The minimum atomic E-state index is -3.98. The third kappa shape index (κ3) is 11.4. The maximum absolute atomic E-state index is 13.5. The normalized spacial score (nSPS) is 16.4. The lowest BCUT2D eigenvalue weighted by Crippen LogP contribution is -2.41. The first kappa shape index (κ1) is 37.0. The summed E-state index contributed by atoms with van der Waals surface area (Å²) in [6, 6.07) is 20.9. The van der Waals surface area contributed by atoms with Crippen molar-refractivity contribution in [1.29, 1.82) is 0 Å². The maximum Gasteiger partial charge on any atom is 0.407 e. The quantitative estimate of drug-likeness (QED) is 0.0745. The molecule has 1 aliphatic heterocycles. The predicted molar refractivity (Wildman–Crippen MR) is 187 cm³/mol. The van der Waals surface area contributed by atoms with Crippen LogP contribution >= 0.6 is 21.6 Å². The average Bonchev–Trinajstić information content (AvgIpc) is 3.43. The number of likely N-dealkylation sites (tertiary alicyclic amines) is 1. The number of carbonyl (C=O) groups excluding carboxylic acids is 2. The second-order valence-corrected chi connectivity index (χ2v) is 16.3. The molecule has 2 atom stereocenters. The fourth-order valence-corrected chi connectivity index (χ4v) is 8.96. The van der Waals surface area contributed by atoms with Gasteiger partial charge in [0.2, 0.25) is 15.9 Å². The van der Waals surface area contributed by atoms with E-state index in [4.69, 9.17) is 9.47 Å². The van der Waals surface area contributed by atoms with Crippen LogP contribution in [0, 0.1) is 10.1 Å². The number of alkyl carbamates (subject to hydrolysis) is 1. The fourth-order valence-electron chi connectivity index (χ4n) is 4.80. The number of amides is 2. The minimum absolute atomic E-state index is 0.0442. The fraction of sp³-hybridized carbons (Fsp3) is 0.394. The highest BCUT2D eigenvalue weighted by molar-refractivity contribution is 8.77. The zero-order valence-corrected chi connectivity index (χ0v) is 29.4. The van der Waals surface area contributed by atoms with Gasteiger partial charge in [-0.3, -0.25) is 14.9 Å². The number of unbranched alkanes of at least 4 members (excludes halogenated alkanes) is 2. The number of nitrogens with one attached hydrogen (secondary N) is 2. The summed E-state index contributed by atoms with van der Waals surface area (Å²) >= 11 is 0.